The van der Waals surface area contributed by atoms with Gasteiger partial charge >= 0.3 is 0 Å². The monoisotopic (exact) mass is 728 g/mol. The molecule has 0 fully saturated rings. The Bertz CT molecular complexity index is 3150. The molecule has 10 aromatic rings. The summed E-state index contributed by atoms with van der Waals surface area (Å²) in [6.45, 7) is 4.71. The fourth-order valence-electron chi connectivity index (χ4n) is 9.28. The van der Waals surface area contributed by atoms with E-state index in [0.717, 1.165) is 17.1 Å². The molecule has 2 nitrogen and oxygen atoms in total. The number of hydrogen-bond acceptors (Lipinski definition) is 1. The average molecular weight is 729 g/mol. The molecule has 1 heterocycles. The molecule has 57 heavy (non-hydrogen) atoms. The van der Waals surface area contributed by atoms with E-state index in [1.165, 1.54) is 82.8 Å². The second kappa shape index (κ2) is 13.0. The van der Waals surface area contributed by atoms with E-state index in [0.29, 0.717) is 0 Å². The molecule has 0 aliphatic heterocycles. The number of hydrogen-bond donors (Lipinski definition) is 0. The third kappa shape index (κ3) is 5.40. The highest BCUT2D eigenvalue weighted by molar-refractivity contribution is 6.10. The Kier molecular flexibility index (Phi) is 7.55. The third-order valence-electron chi connectivity index (χ3n) is 12.2. The summed E-state index contributed by atoms with van der Waals surface area (Å²) in [5.41, 5.74) is 17.1. The first kappa shape index (κ1) is 33.2. The van der Waals surface area contributed by atoms with Crippen LogP contribution in [0.5, 0.6) is 0 Å². The first-order valence-corrected chi connectivity index (χ1v) is 19.8. The van der Waals surface area contributed by atoms with Crippen LogP contribution in [0.25, 0.3) is 71.6 Å². The molecule has 0 amide bonds. The van der Waals surface area contributed by atoms with Crippen LogP contribution in [0.15, 0.2) is 206 Å². The van der Waals surface area contributed by atoms with Gasteiger partial charge in [0, 0.05) is 38.9 Å². The van der Waals surface area contributed by atoms with E-state index in [2.05, 4.69) is 230 Å². The molecule has 9 aromatic carbocycles. The summed E-state index contributed by atoms with van der Waals surface area (Å²) >= 11 is 0. The number of benzene rings is 9. The average Bonchev–Trinajstić information content (AvgIpc) is 3.72. The Hall–Kier alpha value is -7.16. The highest BCUT2D eigenvalue weighted by atomic mass is 15.1. The molecule has 1 aliphatic rings. The molecular formula is C55H40N2. The summed E-state index contributed by atoms with van der Waals surface area (Å²) in [7, 11) is 0. The molecule has 2 heteroatoms. The van der Waals surface area contributed by atoms with Crippen molar-refractivity contribution >= 4 is 49.6 Å². The normalized spacial score (nSPS) is 12.9. The molecule has 0 saturated carbocycles. The molecule has 0 unspecified atom stereocenters. The van der Waals surface area contributed by atoms with Crippen LogP contribution in [0.3, 0.4) is 0 Å². The second-order valence-electron chi connectivity index (χ2n) is 15.8. The third-order valence-corrected chi connectivity index (χ3v) is 12.2. The van der Waals surface area contributed by atoms with E-state index in [-0.39, 0.29) is 5.41 Å². The van der Waals surface area contributed by atoms with Gasteiger partial charge < -0.3 is 9.47 Å². The van der Waals surface area contributed by atoms with Gasteiger partial charge in [-0.15, -0.1) is 0 Å². The number of para-hydroxylation sites is 2. The number of anilines is 3. The van der Waals surface area contributed by atoms with Gasteiger partial charge in [0.25, 0.3) is 0 Å². The van der Waals surface area contributed by atoms with Gasteiger partial charge in [-0.25, -0.2) is 0 Å². The molecule has 0 radical (unpaired) electrons. The summed E-state index contributed by atoms with van der Waals surface area (Å²) in [4.78, 5) is 2.42. The van der Waals surface area contributed by atoms with Crippen LogP contribution in [0, 0.1) is 0 Å². The minimum Gasteiger partial charge on any atom is -0.310 e. The minimum atomic E-state index is -0.0932. The highest BCUT2D eigenvalue weighted by Crippen LogP contribution is 2.51. The molecule has 1 aromatic heterocycles. The molecule has 0 bridgehead atoms. The molecule has 11 rings (SSSR count). The minimum absolute atomic E-state index is 0.0932. The van der Waals surface area contributed by atoms with E-state index >= 15 is 0 Å². The van der Waals surface area contributed by atoms with Crippen molar-refractivity contribution in [2.75, 3.05) is 4.90 Å². The lowest BCUT2D eigenvalue weighted by molar-refractivity contribution is 0.660. The van der Waals surface area contributed by atoms with Crippen LogP contribution in [0.4, 0.5) is 17.1 Å². The van der Waals surface area contributed by atoms with Gasteiger partial charge in [0.05, 0.1) is 11.0 Å². The van der Waals surface area contributed by atoms with Crippen LogP contribution in [-0.2, 0) is 5.41 Å². The van der Waals surface area contributed by atoms with Crippen molar-refractivity contribution in [2.45, 2.75) is 19.3 Å². The molecule has 0 spiro atoms. The summed E-state index contributed by atoms with van der Waals surface area (Å²) in [6.07, 6.45) is 0. The van der Waals surface area contributed by atoms with E-state index in [1.807, 2.05) is 0 Å². The Morgan fingerprint density at radius 3 is 1.82 bits per heavy atom. The zero-order chi connectivity index (χ0) is 38.1. The Morgan fingerprint density at radius 2 is 0.982 bits per heavy atom. The van der Waals surface area contributed by atoms with Gasteiger partial charge in [0.15, 0.2) is 0 Å². The van der Waals surface area contributed by atoms with Gasteiger partial charge in [-0.3, -0.25) is 0 Å². The largest absolute Gasteiger partial charge is 0.310 e. The van der Waals surface area contributed by atoms with Crippen LogP contribution in [0.2, 0.25) is 0 Å². The van der Waals surface area contributed by atoms with Crippen LogP contribution in [0.1, 0.15) is 25.0 Å². The van der Waals surface area contributed by atoms with Crippen molar-refractivity contribution in [3.05, 3.63) is 217 Å². The number of aromatic nitrogens is 1. The highest BCUT2D eigenvalue weighted by Gasteiger charge is 2.35. The van der Waals surface area contributed by atoms with Gasteiger partial charge in [0.2, 0.25) is 0 Å². The molecule has 1 aliphatic carbocycles. The van der Waals surface area contributed by atoms with Crippen molar-refractivity contribution < 1.29 is 0 Å². The standard InChI is InChI=1S/C55H40N2/c1-55(2)51-21-10-8-19-47(51)48-31-30-46(36-52(48)55)56(45-29-27-37-13-6-7-14-40(37)34-45)44-18-12-15-41(33-44)38-23-25-39(26-24-38)42-28-32-54-50(35-42)49-20-9-11-22-53(49)57(54)43-16-4-3-5-17-43/h3-36H,1-2H3. The van der Waals surface area contributed by atoms with Crippen molar-refractivity contribution in [1.29, 1.82) is 0 Å². The molecular weight excluding hydrogens is 689 g/mol. The van der Waals surface area contributed by atoms with Crippen LogP contribution < -0.4 is 4.90 Å². The second-order valence-corrected chi connectivity index (χ2v) is 15.8. The molecule has 0 atom stereocenters. The van der Waals surface area contributed by atoms with E-state index < -0.39 is 0 Å². The quantitative estimate of drug-likeness (QED) is 0.165. The van der Waals surface area contributed by atoms with Crippen LogP contribution >= 0.6 is 0 Å². The number of rotatable bonds is 6. The summed E-state index contributed by atoms with van der Waals surface area (Å²) in [6, 6.07) is 75.6. The summed E-state index contributed by atoms with van der Waals surface area (Å²) in [5.74, 6) is 0. The van der Waals surface area contributed by atoms with Crippen LogP contribution in [-0.4, -0.2) is 4.57 Å². The fraction of sp³-hybridized carbons (Fsp3) is 0.0545. The lowest BCUT2D eigenvalue weighted by atomic mass is 9.82. The maximum absolute atomic E-state index is 2.42. The first-order valence-electron chi connectivity index (χ1n) is 19.8. The molecule has 270 valence electrons. The molecule has 0 saturated heterocycles. The Labute approximate surface area is 333 Å². The number of nitrogens with zero attached hydrogens (tertiary/aromatic N) is 2. The maximum Gasteiger partial charge on any atom is 0.0541 e. The summed E-state index contributed by atoms with van der Waals surface area (Å²) < 4.78 is 2.37. The predicted molar refractivity (Wildman–Crippen MR) is 241 cm³/mol. The van der Waals surface area contributed by atoms with Gasteiger partial charge in [-0.1, -0.05) is 153 Å². The van der Waals surface area contributed by atoms with Gasteiger partial charge in [0.1, 0.15) is 0 Å². The lowest BCUT2D eigenvalue weighted by Gasteiger charge is -2.28. The van der Waals surface area contributed by atoms with Crippen molar-refractivity contribution in [3.8, 4) is 39.1 Å². The van der Waals surface area contributed by atoms with E-state index in [4.69, 9.17) is 0 Å². The van der Waals surface area contributed by atoms with Crippen molar-refractivity contribution in [3.63, 3.8) is 0 Å². The summed E-state index contributed by atoms with van der Waals surface area (Å²) in [5, 5.41) is 4.99. The number of fused-ring (bicyclic) bond motifs is 7. The van der Waals surface area contributed by atoms with Crippen molar-refractivity contribution in [1.82, 2.24) is 4.57 Å². The van der Waals surface area contributed by atoms with Crippen molar-refractivity contribution in [2.24, 2.45) is 0 Å². The fourth-order valence-corrected chi connectivity index (χ4v) is 9.28. The van der Waals surface area contributed by atoms with E-state index in [1.54, 1.807) is 0 Å². The lowest BCUT2D eigenvalue weighted by Crippen LogP contribution is -2.16. The topological polar surface area (TPSA) is 8.17 Å². The zero-order valence-corrected chi connectivity index (χ0v) is 32.0. The zero-order valence-electron chi connectivity index (χ0n) is 32.0. The predicted octanol–water partition coefficient (Wildman–Crippen LogP) is 15.0. The first-order chi connectivity index (χ1) is 28.0. The van der Waals surface area contributed by atoms with Gasteiger partial charge in [-0.05, 0) is 122 Å². The Balaban J connectivity index is 0.981. The van der Waals surface area contributed by atoms with E-state index in [9.17, 15) is 0 Å². The Morgan fingerprint density at radius 1 is 0.368 bits per heavy atom. The smallest absolute Gasteiger partial charge is 0.0541 e. The maximum atomic E-state index is 2.42. The molecule has 0 N–H and O–H groups in total. The SMILES string of the molecule is CC1(C)c2ccccc2-c2ccc(N(c3cccc(-c4ccc(-c5ccc6c(c5)c5ccccc5n6-c5ccccc5)cc4)c3)c3ccc4ccccc4c3)cc21. The van der Waals surface area contributed by atoms with Gasteiger partial charge in [-0.2, -0.15) is 0 Å².